The Hall–Kier alpha value is -2.82. The Labute approximate surface area is 160 Å². The summed E-state index contributed by atoms with van der Waals surface area (Å²) in [4.78, 5) is 27.7. The van der Waals surface area contributed by atoms with E-state index in [1.54, 1.807) is 0 Å². The van der Waals surface area contributed by atoms with E-state index in [0.717, 1.165) is 41.8 Å². The Morgan fingerprint density at radius 2 is 1.63 bits per heavy atom. The quantitative estimate of drug-likeness (QED) is 0.763. The van der Waals surface area contributed by atoms with Crippen LogP contribution in [0.4, 0.5) is 5.69 Å². The molecule has 0 saturated carbocycles. The average Bonchev–Trinajstić information content (AvgIpc) is 2.67. The topological polar surface area (TPSA) is 49.9 Å². The normalized spacial score (nSPS) is 14.2. The Balaban J connectivity index is 1.58. The zero-order valence-corrected chi connectivity index (χ0v) is 16.2. The van der Waals surface area contributed by atoms with Gasteiger partial charge in [0.05, 0.1) is 0 Å². The number of ether oxygens (including phenoxy) is 1. The van der Waals surface area contributed by atoms with E-state index in [2.05, 4.69) is 4.90 Å². The highest BCUT2D eigenvalue weighted by molar-refractivity contribution is 5.79. The summed E-state index contributed by atoms with van der Waals surface area (Å²) in [6, 6.07) is 11.6. The number of piperazine rings is 1. The van der Waals surface area contributed by atoms with Crippen LogP contribution in [0, 0.1) is 20.8 Å². The van der Waals surface area contributed by atoms with Crippen LogP contribution in [-0.4, -0.2) is 49.9 Å². The van der Waals surface area contributed by atoms with Gasteiger partial charge in [-0.3, -0.25) is 9.59 Å². The third-order valence-electron chi connectivity index (χ3n) is 5.04. The molecule has 0 aliphatic carbocycles. The molecule has 27 heavy (non-hydrogen) atoms. The first-order valence-electron chi connectivity index (χ1n) is 9.27. The van der Waals surface area contributed by atoms with E-state index in [9.17, 15) is 9.59 Å². The van der Waals surface area contributed by atoms with Gasteiger partial charge in [-0.1, -0.05) is 18.2 Å². The summed E-state index contributed by atoms with van der Waals surface area (Å²) < 4.78 is 5.69. The molecule has 0 radical (unpaired) electrons. The van der Waals surface area contributed by atoms with Gasteiger partial charge >= 0.3 is 0 Å². The molecule has 0 unspecified atom stereocenters. The van der Waals surface area contributed by atoms with Crippen molar-refractivity contribution in [2.45, 2.75) is 20.8 Å². The predicted molar refractivity (Wildman–Crippen MR) is 107 cm³/mol. The number of hydrogen-bond acceptors (Lipinski definition) is 4. The van der Waals surface area contributed by atoms with Crippen molar-refractivity contribution in [2.24, 2.45) is 0 Å². The number of benzene rings is 2. The second kappa shape index (κ2) is 8.25. The van der Waals surface area contributed by atoms with Gasteiger partial charge in [0.15, 0.2) is 6.61 Å². The molecule has 1 amide bonds. The Kier molecular flexibility index (Phi) is 5.79. The van der Waals surface area contributed by atoms with Crippen LogP contribution >= 0.6 is 0 Å². The molecule has 2 aromatic rings. The van der Waals surface area contributed by atoms with Crippen molar-refractivity contribution >= 4 is 17.9 Å². The molecule has 3 rings (SSSR count). The number of aryl methyl sites for hydroxylation is 3. The van der Waals surface area contributed by atoms with Gasteiger partial charge in [-0.25, -0.2) is 0 Å². The van der Waals surface area contributed by atoms with E-state index in [4.69, 9.17) is 4.74 Å². The Morgan fingerprint density at radius 3 is 2.22 bits per heavy atom. The maximum Gasteiger partial charge on any atom is 0.260 e. The van der Waals surface area contributed by atoms with Gasteiger partial charge in [-0.05, 0) is 55.7 Å². The van der Waals surface area contributed by atoms with Gasteiger partial charge in [0.1, 0.15) is 12.0 Å². The minimum atomic E-state index is 0.0163. The summed E-state index contributed by atoms with van der Waals surface area (Å²) in [5, 5.41) is 0. The van der Waals surface area contributed by atoms with E-state index >= 15 is 0 Å². The number of nitrogens with zero attached hydrogens (tertiary/aromatic N) is 2. The lowest BCUT2D eigenvalue weighted by Gasteiger charge is -2.37. The number of rotatable bonds is 5. The Morgan fingerprint density at radius 1 is 1.00 bits per heavy atom. The second-order valence-electron chi connectivity index (χ2n) is 7.04. The van der Waals surface area contributed by atoms with Gasteiger partial charge in [0, 0.05) is 37.4 Å². The summed E-state index contributed by atoms with van der Waals surface area (Å²) >= 11 is 0. The molecule has 1 fully saturated rings. The molecule has 0 N–H and O–H groups in total. The van der Waals surface area contributed by atoms with Crippen LogP contribution in [0.25, 0.3) is 0 Å². The minimum absolute atomic E-state index is 0.0163. The van der Waals surface area contributed by atoms with Gasteiger partial charge in [-0.15, -0.1) is 0 Å². The highest BCUT2D eigenvalue weighted by Crippen LogP contribution is 2.27. The minimum Gasteiger partial charge on any atom is -0.484 e. The fraction of sp³-hybridized carbons (Fsp3) is 0.364. The van der Waals surface area contributed by atoms with Crippen molar-refractivity contribution in [3.8, 4) is 5.75 Å². The highest BCUT2D eigenvalue weighted by atomic mass is 16.5. The van der Waals surface area contributed by atoms with Crippen molar-refractivity contribution in [3.63, 3.8) is 0 Å². The summed E-state index contributed by atoms with van der Waals surface area (Å²) in [6.07, 6.45) is 0.884. The monoisotopic (exact) mass is 366 g/mol. The molecular formula is C22H26N2O3. The van der Waals surface area contributed by atoms with Crippen LogP contribution in [0.5, 0.6) is 5.75 Å². The molecule has 1 aliphatic heterocycles. The van der Waals surface area contributed by atoms with Crippen molar-refractivity contribution in [2.75, 3.05) is 37.7 Å². The number of hydrogen-bond donors (Lipinski definition) is 0. The van der Waals surface area contributed by atoms with Crippen LogP contribution in [0.1, 0.15) is 27.0 Å². The molecule has 0 bridgehead atoms. The van der Waals surface area contributed by atoms with Gasteiger partial charge < -0.3 is 14.5 Å². The third kappa shape index (κ3) is 4.30. The number of para-hydroxylation sites is 1. The summed E-state index contributed by atoms with van der Waals surface area (Å²) in [7, 11) is 0. The predicted octanol–water partition coefficient (Wildman–Crippen LogP) is 3.15. The van der Waals surface area contributed by atoms with E-state index < -0.39 is 0 Å². The van der Waals surface area contributed by atoms with Gasteiger partial charge in [0.25, 0.3) is 5.91 Å². The number of carbonyl (C=O) groups is 2. The van der Waals surface area contributed by atoms with Crippen molar-refractivity contribution in [3.05, 3.63) is 58.7 Å². The third-order valence-corrected chi connectivity index (χ3v) is 5.04. The van der Waals surface area contributed by atoms with E-state index in [-0.39, 0.29) is 12.5 Å². The standard InChI is InChI=1S/C22H26N2O3/c1-16-6-4-5-7-20(16)27-15-21(26)23-8-10-24(11-9-23)22-17(2)12-19(14-25)13-18(22)3/h4-7,12-14H,8-11,15H2,1-3H3. The van der Waals surface area contributed by atoms with Crippen molar-refractivity contribution in [1.29, 1.82) is 0 Å². The van der Waals surface area contributed by atoms with Crippen LogP contribution in [0.3, 0.4) is 0 Å². The molecule has 2 aromatic carbocycles. The summed E-state index contributed by atoms with van der Waals surface area (Å²) in [6.45, 7) is 8.99. The molecule has 142 valence electrons. The molecule has 1 heterocycles. The molecule has 1 aliphatic rings. The second-order valence-corrected chi connectivity index (χ2v) is 7.04. The number of carbonyl (C=O) groups excluding carboxylic acids is 2. The van der Waals surface area contributed by atoms with E-state index in [1.807, 2.05) is 62.1 Å². The van der Waals surface area contributed by atoms with Gasteiger partial charge in [0.2, 0.25) is 0 Å². The zero-order chi connectivity index (χ0) is 19.4. The molecule has 0 spiro atoms. The SMILES string of the molecule is Cc1ccccc1OCC(=O)N1CCN(c2c(C)cc(C=O)cc2C)CC1. The van der Waals surface area contributed by atoms with E-state index in [0.29, 0.717) is 18.7 Å². The molecular weight excluding hydrogens is 340 g/mol. The maximum absolute atomic E-state index is 12.5. The van der Waals surface area contributed by atoms with Crippen LogP contribution in [0.15, 0.2) is 36.4 Å². The van der Waals surface area contributed by atoms with E-state index in [1.165, 1.54) is 5.69 Å². The summed E-state index contributed by atoms with van der Waals surface area (Å²) in [5.41, 5.74) is 5.10. The van der Waals surface area contributed by atoms with Crippen molar-refractivity contribution in [1.82, 2.24) is 4.90 Å². The first-order valence-corrected chi connectivity index (χ1v) is 9.27. The number of amides is 1. The smallest absolute Gasteiger partial charge is 0.260 e. The lowest BCUT2D eigenvalue weighted by Crippen LogP contribution is -2.50. The van der Waals surface area contributed by atoms with Crippen molar-refractivity contribution < 1.29 is 14.3 Å². The van der Waals surface area contributed by atoms with Crippen LogP contribution in [-0.2, 0) is 4.79 Å². The fourth-order valence-corrected chi connectivity index (χ4v) is 3.68. The van der Waals surface area contributed by atoms with Crippen LogP contribution in [0.2, 0.25) is 0 Å². The lowest BCUT2D eigenvalue weighted by molar-refractivity contribution is -0.133. The highest BCUT2D eigenvalue weighted by Gasteiger charge is 2.23. The van der Waals surface area contributed by atoms with Crippen LogP contribution < -0.4 is 9.64 Å². The lowest BCUT2D eigenvalue weighted by atomic mass is 10.0. The maximum atomic E-state index is 12.5. The summed E-state index contributed by atoms with van der Waals surface area (Å²) in [5.74, 6) is 0.772. The Bertz CT molecular complexity index is 816. The average molecular weight is 366 g/mol. The molecule has 5 nitrogen and oxygen atoms in total. The number of anilines is 1. The molecule has 0 atom stereocenters. The van der Waals surface area contributed by atoms with Gasteiger partial charge in [-0.2, -0.15) is 0 Å². The fourth-order valence-electron chi connectivity index (χ4n) is 3.68. The molecule has 5 heteroatoms. The number of aldehydes is 1. The first kappa shape index (κ1) is 19.0. The first-order chi connectivity index (χ1) is 13.0. The molecule has 1 saturated heterocycles. The largest absolute Gasteiger partial charge is 0.484 e. The molecule has 0 aromatic heterocycles. The zero-order valence-electron chi connectivity index (χ0n) is 16.2.